The van der Waals surface area contributed by atoms with E-state index in [1.165, 1.54) is 10.6 Å². The van der Waals surface area contributed by atoms with Gasteiger partial charge in [-0.25, -0.2) is 0 Å². The monoisotopic (exact) mass is 705 g/mol. The van der Waals surface area contributed by atoms with E-state index in [2.05, 4.69) is 98.6 Å². The average Bonchev–Trinajstić information content (AvgIpc) is 3.49. The zero-order valence-electron chi connectivity index (χ0n) is 31.0. The summed E-state index contributed by atoms with van der Waals surface area (Å²) in [6.45, 7) is 27.4. The van der Waals surface area contributed by atoms with E-state index < -0.39 is 30.7 Å². The minimum atomic E-state index is -2.05. The first-order chi connectivity index (χ1) is 22.4. The predicted octanol–water partition coefficient (Wildman–Crippen LogP) is 9.35. The third kappa shape index (κ3) is 11.3. The van der Waals surface area contributed by atoms with E-state index in [0.29, 0.717) is 38.4 Å². The van der Waals surface area contributed by atoms with Crippen LogP contribution in [0.15, 0.2) is 72.8 Å². The molecule has 2 aromatic carbocycles. The van der Waals surface area contributed by atoms with E-state index in [0.717, 1.165) is 17.5 Å². The van der Waals surface area contributed by atoms with Gasteiger partial charge in [-0.15, -0.1) is 0 Å². The van der Waals surface area contributed by atoms with Gasteiger partial charge in [0, 0.05) is 25.1 Å². The molecule has 1 aliphatic carbocycles. The summed E-state index contributed by atoms with van der Waals surface area (Å²) in [6, 6.07) is 20.7. The highest BCUT2D eigenvalue weighted by molar-refractivity contribution is 7.76. The van der Waals surface area contributed by atoms with Crippen molar-refractivity contribution in [3.8, 4) is 0 Å². The second-order valence-electron chi connectivity index (χ2n) is 15.9. The number of carbonyl (C=O) groups is 2. The minimum Gasteiger partial charge on any atom is -0.462 e. The van der Waals surface area contributed by atoms with Crippen LogP contribution in [0.1, 0.15) is 60.8 Å². The van der Waals surface area contributed by atoms with Crippen molar-refractivity contribution < 1.29 is 23.2 Å². The zero-order valence-corrected chi connectivity index (χ0v) is 33.9. The van der Waals surface area contributed by atoms with Crippen LogP contribution in [-0.4, -0.2) is 48.2 Å². The molecule has 0 saturated heterocycles. The highest BCUT2D eigenvalue weighted by atomic mass is 31.1. The van der Waals surface area contributed by atoms with E-state index in [1.807, 2.05) is 55.7 Å². The van der Waals surface area contributed by atoms with Gasteiger partial charge in [0.05, 0.1) is 6.61 Å². The zero-order chi connectivity index (χ0) is 35.8. The standard InChI is InChI=1S/C40H58O5PSi2/c1-31(29-43-47(8,9)39(2,3)4)27-33(28-32(25-26-41)30-44-48(10,11)40(5,6)7)45-38(42)36-23-18-24-37(36)46(34-19-14-12-15-20-34)35-21-16-13-17-22-35/h12-24,26,32-33H,1,25,27-30H2,2-11H3/t32-,33+/m0/s1. The van der Waals surface area contributed by atoms with Crippen LogP contribution in [0.4, 0.5) is 0 Å². The van der Waals surface area contributed by atoms with E-state index in [4.69, 9.17) is 13.6 Å². The smallest absolute Gasteiger partial charge is 0.314 e. The van der Waals surface area contributed by atoms with Crippen LogP contribution in [0, 0.1) is 36.8 Å². The lowest BCUT2D eigenvalue weighted by Crippen LogP contribution is -2.42. The Morgan fingerprint density at radius 2 is 1.35 bits per heavy atom. The van der Waals surface area contributed by atoms with Crippen molar-refractivity contribution in [2.45, 2.75) is 103 Å². The maximum Gasteiger partial charge on any atom is 0.314 e. The predicted molar refractivity (Wildman–Crippen MR) is 207 cm³/mol. The highest BCUT2D eigenvalue weighted by Gasteiger charge is 2.43. The van der Waals surface area contributed by atoms with Crippen molar-refractivity contribution in [1.29, 1.82) is 0 Å². The van der Waals surface area contributed by atoms with Gasteiger partial charge in [-0.3, -0.25) is 4.79 Å². The minimum absolute atomic E-state index is 0.0456. The van der Waals surface area contributed by atoms with E-state index in [-0.39, 0.29) is 22.0 Å². The number of hydrogen-bond donors (Lipinski definition) is 0. The van der Waals surface area contributed by atoms with Crippen molar-refractivity contribution in [1.82, 2.24) is 0 Å². The summed E-state index contributed by atoms with van der Waals surface area (Å²) in [5.74, 6) is 0.132. The SMILES string of the molecule is C=C(CO[Si](C)(C)C(C)(C)C)C[C@H](C[C@H](CC=O)CO[Si](C)(C)C(C)(C)C)OC(=O)[C]1[CH][CH][CH][C]1P(c1ccccc1)c1ccccc1. The first-order valence-corrected chi connectivity index (χ1v) is 24.3. The first-order valence-electron chi connectivity index (χ1n) is 17.1. The Kier molecular flexibility index (Phi) is 14.7. The molecule has 3 rings (SSSR count). The van der Waals surface area contributed by atoms with Crippen molar-refractivity contribution in [3.05, 3.63) is 104 Å². The molecule has 2 aromatic rings. The Hall–Kier alpha value is -1.90. The molecule has 0 aliphatic heterocycles. The molecule has 0 spiro atoms. The quantitative estimate of drug-likeness (QED) is 0.0540. The van der Waals surface area contributed by atoms with Crippen LogP contribution in [0.2, 0.25) is 36.3 Å². The Balaban J connectivity index is 1.86. The van der Waals surface area contributed by atoms with Gasteiger partial charge in [0.2, 0.25) is 0 Å². The van der Waals surface area contributed by atoms with Gasteiger partial charge < -0.3 is 18.4 Å². The normalized spacial score (nSPS) is 16.6. The molecule has 0 heterocycles. The van der Waals surface area contributed by atoms with Crippen LogP contribution in [0.25, 0.3) is 0 Å². The third-order valence-corrected chi connectivity index (χ3v) is 21.5. The van der Waals surface area contributed by atoms with Crippen LogP contribution in [-0.2, 0) is 23.2 Å². The van der Waals surface area contributed by atoms with E-state index >= 15 is 0 Å². The second-order valence-corrected chi connectivity index (χ2v) is 27.7. The average molecular weight is 706 g/mol. The number of rotatable bonds is 17. The summed E-state index contributed by atoms with van der Waals surface area (Å²) in [4.78, 5) is 26.0. The maximum absolute atomic E-state index is 14.2. The summed E-state index contributed by atoms with van der Waals surface area (Å²) in [6.07, 6.45) is 7.62. The molecule has 48 heavy (non-hydrogen) atoms. The number of hydrogen-bond acceptors (Lipinski definition) is 5. The summed E-state index contributed by atoms with van der Waals surface area (Å²) >= 11 is 0. The molecule has 5 nitrogen and oxygen atoms in total. The molecule has 0 bridgehead atoms. The lowest BCUT2D eigenvalue weighted by Gasteiger charge is -2.38. The van der Waals surface area contributed by atoms with Gasteiger partial charge in [-0.05, 0) is 92.0 Å². The van der Waals surface area contributed by atoms with Gasteiger partial charge in [-0.1, -0.05) is 109 Å². The molecule has 0 amide bonds. The lowest BCUT2D eigenvalue weighted by molar-refractivity contribution is -0.146. The molecule has 8 heteroatoms. The number of benzene rings is 2. The van der Waals surface area contributed by atoms with Gasteiger partial charge >= 0.3 is 5.97 Å². The molecule has 261 valence electrons. The van der Waals surface area contributed by atoms with Gasteiger partial charge in [0.25, 0.3) is 0 Å². The van der Waals surface area contributed by atoms with Crippen LogP contribution in [0.3, 0.4) is 0 Å². The molecule has 0 N–H and O–H groups in total. The molecular formula is C40H58O5PSi2. The molecular weight excluding hydrogens is 648 g/mol. The fourth-order valence-corrected chi connectivity index (χ4v) is 9.43. The van der Waals surface area contributed by atoms with Crippen molar-refractivity contribution in [3.63, 3.8) is 0 Å². The lowest BCUT2D eigenvalue weighted by atomic mass is 9.95. The molecule has 5 radical (unpaired) electrons. The summed E-state index contributed by atoms with van der Waals surface area (Å²) < 4.78 is 19.5. The topological polar surface area (TPSA) is 61.8 Å². The Labute approximate surface area is 295 Å². The number of esters is 1. The number of aldehydes is 1. The summed E-state index contributed by atoms with van der Waals surface area (Å²) in [7, 11) is -5.03. The Bertz CT molecular complexity index is 1280. The molecule has 1 aliphatic rings. The van der Waals surface area contributed by atoms with Crippen molar-refractivity contribution in [2.24, 2.45) is 5.92 Å². The Morgan fingerprint density at radius 3 is 1.85 bits per heavy atom. The maximum atomic E-state index is 14.2. The van der Waals surface area contributed by atoms with Gasteiger partial charge in [0.1, 0.15) is 18.3 Å². The van der Waals surface area contributed by atoms with Crippen molar-refractivity contribution >= 4 is 47.4 Å². The fourth-order valence-electron chi connectivity index (χ4n) is 4.91. The summed E-state index contributed by atoms with van der Waals surface area (Å²) in [5, 5.41) is 2.45. The van der Waals surface area contributed by atoms with Crippen LogP contribution < -0.4 is 10.6 Å². The van der Waals surface area contributed by atoms with Crippen LogP contribution in [0.5, 0.6) is 0 Å². The van der Waals surface area contributed by atoms with Gasteiger partial charge in [0.15, 0.2) is 16.6 Å². The van der Waals surface area contributed by atoms with E-state index in [1.54, 1.807) is 0 Å². The van der Waals surface area contributed by atoms with E-state index in [9.17, 15) is 9.59 Å². The molecule has 1 fully saturated rings. The largest absolute Gasteiger partial charge is 0.462 e. The molecule has 2 atom stereocenters. The second kappa shape index (κ2) is 17.4. The van der Waals surface area contributed by atoms with Gasteiger partial charge in [-0.2, -0.15) is 0 Å². The Morgan fingerprint density at radius 1 is 0.833 bits per heavy atom. The molecule has 0 unspecified atom stereocenters. The van der Waals surface area contributed by atoms with Crippen LogP contribution >= 0.6 is 7.92 Å². The number of carbonyl (C=O) groups excluding carboxylic acids is 2. The molecule has 1 saturated carbocycles. The molecule has 0 aromatic heterocycles. The summed E-state index contributed by atoms with van der Waals surface area (Å²) in [5.41, 5.74) is 1.85. The first kappa shape index (κ1) is 40.5. The highest BCUT2D eigenvalue weighted by Crippen LogP contribution is 2.56. The third-order valence-electron chi connectivity index (χ3n) is 10.0. The fraction of sp³-hybridized carbons (Fsp3) is 0.475. The number of ether oxygens (including phenoxy) is 1. The van der Waals surface area contributed by atoms with Crippen molar-refractivity contribution in [2.75, 3.05) is 13.2 Å².